The Kier molecular flexibility index (Phi) is 4.68. The summed E-state index contributed by atoms with van der Waals surface area (Å²) in [4.78, 5) is 16.4. The van der Waals surface area contributed by atoms with Gasteiger partial charge in [0.1, 0.15) is 0 Å². The molecule has 0 atom stereocenters. The van der Waals surface area contributed by atoms with Gasteiger partial charge in [0.15, 0.2) is 0 Å². The first-order valence-electron chi connectivity index (χ1n) is 6.85. The summed E-state index contributed by atoms with van der Waals surface area (Å²) >= 11 is 5.92. The van der Waals surface area contributed by atoms with Crippen LogP contribution in [0.5, 0.6) is 0 Å². The van der Waals surface area contributed by atoms with Crippen LogP contribution in [-0.4, -0.2) is 59.1 Å². The van der Waals surface area contributed by atoms with E-state index >= 15 is 0 Å². The number of rotatable bonds is 3. The van der Waals surface area contributed by atoms with Crippen LogP contribution in [0.2, 0.25) is 5.02 Å². The largest absolute Gasteiger partial charge is 0.389 e. The summed E-state index contributed by atoms with van der Waals surface area (Å²) in [6.07, 6.45) is 0. The fraction of sp³-hybridized carbons (Fsp3) is 0.533. The van der Waals surface area contributed by atoms with Crippen molar-refractivity contribution in [2.75, 3.05) is 32.7 Å². The van der Waals surface area contributed by atoms with Crippen LogP contribution in [-0.2, 0) is 0 Å². The number of halogens is 1. The summed E-state index contributed by atoms with van der Waals surface area (Å²) in [5.74, 6) is 0.0235. The smallest absolute Gasteiger partial charge is 0.253 e. The fourth-order valence-corrected chi connectivity index (χ4v) is 2.65. The maximum absolute atomic E-state index is 12.3. The first-order valence-corrected chi connectivity index (χ1v) is 7.22. The molecule has 4 nitrogen and oxygen atoms in total. The molecule has 20 heavy (non-hydrogen) atoms. The van der Waals surface area contributed by atoms with Crippen molar-refractivity contribution in [3.63, 3.8) is 0 Å². The minimum absolute atomic E-state index is 0.0235. The highest BCUT2D eigenvalue weighted by atomic mass is 35.5. The van der Waals surface area contributed by atoms with Gasteiger partial charge in [-0.1, -0.05) is 17.7 Å². The molecule has 1 heterocycles. The van der Waals surface area contributed by atoms with Crippen LogP contribution in [0.3, 0.4) is 0 Å². The third-order valence-electron chi connectivity index (χ3n) is 3.34. The van der Waals surface area contributed by atoms with E-state index in [1.54, 1.807) is 38.1 Å². The molecule has 0 saturated carbocycles. The van der Waals surface area contributed by atoms with E-state index in [0.717, 1.165) is 13.1 Å². The molecule has 0 unspecified atom stereocenters. The van der Waals surface area contributed by atoms with Crippen LogP contribution in [0.4, 0.5) is 0 Å². The van der Waals surface area contributed by atoms with Gasteiger partial charge in [-0.3, -0.25) is 9.69 Å². The van der Waals surface area contributed by atoms with Crippen molar-refractivity contribution in [1.29, 1.82) is 0 Å². The van der Waals surface area contributed by atoms with E-state index in [0.29, 0.717) is 30.2 Å². The highest BCUT2D eigenvalue weighted by molar-refractivity contribution is 6.30. The fourth-order valence-electron chi connectivity index (χ4n) is 2.46. The van der Waals surface area contributed by atoms with Crippen molar-refractivity contribution in [2.24, 2.45) is 0 Å². The molecule has 1 aromatic rings. The summed E-state index contributed by atoms with van der Waals surface area (Å²) in [7, 11) is 0. The molecule has 1 aliphatic rings. The molecule has 0 aromatic heterocycles. The molecule has 1 amide bonds. The molecule has 1 N–H and O–H groups in total. The van der Waals surface area contributed by atoms with E-state index in [-0.39, 0.29) is 5.91 Å². The third kappa shape index (κ3) is 4.20. The van der Waals surface area contributed by atoms with Gasteiger partial charge in [-0.25, -0.2) is 0 Å². The maximum Gasteiger partial charge on any atom is 0.253 e. The molecule has 0 radical (unpaired) electrons. The number of amides is 1. The quantitative estimate of drug-likeness (QED) is 0.926. The molecule has 0 aliphatic carbocycles. The Morgan fingerprint density at radius 3 is 2.50 bits per heavy atom. The summed E-state index contributed by atoms with van der Waals surface area (Å²) in [6, 6.07) is 7.05. The van der Waals surface area contributed by atoms with Crippen molar-refractivity contribution in [1.82, 2.24) is 9.80 Å². The van der Waals surface area contributed by atoms with Gasteiger partial charge in [0.25, 0.3) is 5.91 Å². The van der Waals surface area contributed by atoms with Gasteiger partial charge in [0, 0.05) is 43.3 Å². The lowest BCUT2D eigenvalue weighted by Crippen LogP contribution is -2.51. The van der Waals surface area contributed by atoms with Crippen molar-refractivity contribution in [3.05, 3.63) is 34.9 Å². The number of benzene rings is 1. The second kappa shape index (κ2) is 6.12. The van der Waals surface area contributed by atoms with Crippen molar-refractivity contribution < 1.29 is 9.90 Å². The first kappa shape index (κ1) is 15.3. The van der Waals surface area contributed by atoms with Gasteiger partial charge in [0.05, 0.1) is 5.60 Å². The lowest BCUT2D eigenvalue weighted by atomic mass is 10.1. The Balaban J connectivity index is 1.92. The second-order valence-corrected chi connectivity index (χ2v) is 6.33. The van der Waals surface area contributed by atoms with Crippen LogP contribution < -0.4 is 0 Å². The van der Waals surface area contributed by atoms with Crippen LogP contribution in [0.1, 0.15) is 24.2 Å². The number of hydrogen-bond acceptors (Lipinski definition) is 3. The number of hydrogen-bond donors (Lipinski definition) is 1. The Morgan fingerprint density at radius 2 is 1.95 bits per heavy atom. The van der Waals surface area contributed by atoms with E-state index in [1.165, 1.54) is 0 Å². The molecule has 1 aromatic carbocycles. The molecule has 5 heteroatoms. The predicted molar refractivity (Wildman–Crippen MR) is 80.1 cm³/mol. The highest BCUT2D eigenvalue weighted by Gasteiger charge is 2.25. The number of β-amino-alcohol motifs (C(OH)–C–C–N with tert-alkyl or cyclic N) is 1. The topological polar surface area (TPSA) is 43.8 Å². The van der Waals surface area contributed by atoms with Crippen LogP contribution in [0.25, 0.3) is 0 Å². The molecule has 2 rings (SSSR count). The molecule has 0 bridgehead atoms. The predicted octanol–water partition coefficient (Wildman–Crippen LogP) is 1.87. The SMILES string of the molecule is CC(C)(O)CN1CCN(C(=O)c2cccc(Cl)c2)CC1. The van der Waals surface area contributed by atoms with Crippen LogP contribution >= 0.6 is 11.6 Å². The molecular weight excluding hydrogens is 276 g/mol. The van der Waals surface area contributed by atoms with Crippen LogP contribution in [0.15, 0.2) is 24.3 Å². The van der Waals surface area contributed by atoms with Crippen molar-refractivity contribution in [2.45, 2.75) is 19.4 Å². The summed E-state index contributed by atoms with van der Waals surface area (Å²) < 4.78 is 0. The number of carbonyl (C=O) groups excluding carboxylic acids is 1. The number of carbonyl (C=O) groups is 1. The Labute approximate surface area is 124 Å². The maximum atomic E-state index is 12.3. The molecule has 0 spiro atoms. The van der Waals surface area contributed by atoms with E-state index in [4.69, 9.17) is 11.6 Å². The molecule has 1 aliphatic heterocycles. The third-order valence-corrected chi connectivity index (χ3v) is 3.58. The number of piperazine rings is 1. The van der Waals surface area contributed by atoms with Gasteiger partial charge in [-0.2, -0.15) is 0 Å². The zero-order valence-electron chi connectivity index (χ0n) is 12.0. The van der Waals surface area contributed by atoms with Gasteiger partial charge < -0.3 is 10.0 Å². The molecule has 1 fully saturated rings. The number of aliphatic hydroxyl groups is 1. The normalized spacial score (nSPS) is 17.3. The highest BCUT2D eigenvalue weighted by Crippen LogP contribution is 2.15. The first-order chi connectivity index (χ1) is 9.35. The average Bonchev–Trinajstić information content (AvgIpc) is 2.37. The lowest BCUT2D eigenvalue weighted by molar-refractivity contribution is 0.0178. The Bertz CT molecular complexity index is 477. The summed E-state index contributed by atoms with van der Waals surface area (Å²) in [5, 5.41) is 10.4. The average molecular weight is 297 g/mol. The van der Waals surface area contributed by atoms with Gasteiger partial charge in [0.2, 0.25) is 0 Å². The van der Waals surface area contributed by atoms with E-state index < -0.39 is 5.60 Å². The zero-order chi connectivity index (χ0) is 14.8. The van der Waals surface area contributed by atoms with E-state index in [9.17, 15) is 9.90 Å². The lowest BCUT2D eigenvalue weighted by Gasteiger charge is -2.37. The van der Waals surface area contributed by atoms with Crippen LogP contribution in [0, 0.1) is 0 Å². The number of nitrogens with zero attached hydrogens (tertiary/aromatic N) is 2. The standard InChI is InChI=1S/C15H21ClN2O2/c1-15(2,20)11-17-6-8-18(9-7-17)14(19)12-4-3-5-13(16)10-12/h3-5,10,20H,6-9,11H2,1-2H3. The van der Waals surface area contributed by atoms with Crippen molar-refractivity contribution in [3.8, 4) is 0 Å². The van der Waals surface area contributed by atoms with E-state index in [1.807, 2.05) is 4.90 Å². The Morgan fingerprint density at radius 1 is 1.30 bits per heavy atom. The monoisotopic (exact) mass is 296 g/mol. The van der Waals surface area contributed by atoms with Gasteiger partial charge >= 0.3 is 0 Å². The summed E-state index contributed by atoms with van der Waals surface area (Å²) in [6.45, 7) is 7.18. The zero-order valence-corrected chi connectivity index (χ0v) is 12.7. The summed E-state index contributed by atoms with van der Waals surface area (Å²) in [5.41, 5.74) is -0.0625. The minimum Gasteiger partial charge on any atom is -0.389 e. The second-order valence-electron chi connectivity index (χ2n) is 5.89. The van der Waals surface area contributed by atoms with Crippen molar-refractivity contribution >= 4 is 17.5 Å². The van der Waals surface area contributed by atoms with Gasteiger partial charge in [-0.05, 0) is 32.0 Å². The molecular formula is C15H21ClN2O2. The van der Waals surface area contributed by atoms with E-state index in [2.05, 4.69) is 4.90 Å². The minimum atomic E-state index is -0.695. The molecule has 1 saturated heterocycles. The van der Waals surface area contributed by atoms with Gasteiger partial charge in [-0.15, -0.1) is 0 Å². The Hall–Kier alpha value is -1.10. The molecule has 110 valence electrons.